The second-order valence-corrected chi connectivity index (χ2v) is 7.17. The first-order chi connectivity index (χ1) is 11.2. The topological polar surface area (TPSA) is 20.3 Å². The van der Waals surface area contributed by atoms with E-state index in [1.165, 1.54) is 5.56 Å². The van der Waals surface area contributed by atoms with E-state index < -0.39 is 0 Å². The molecule has 2 aromatic rings. The molecular formula is C20H20ClNO. The van der Waals surface area contributed by atoms with Gasteiger partial charge in [-0.3, -0.25) is 4.79 Å². The van der Waals surface area contributed by atoms with Crippen molar-refractivity contribution in [1.29, 1.82) is 0 Å². The number of carbonyl (C=O) groups excluding carboxylic acids is 1. The minimum absolute atomic E-state index is 0.282. The molecule has 0 bridgehead atoms. The van der Waals surface area contributed by atoms with E-state index in [-0.39, 0.29) is 5.41 Å². The summed E-state index contributed by atoms with van der Waals surface area (Å²) in [5.41, 5.74) is 2.19. The highest BCUT2D eigenvalue weighted by Crippen LogP contribution is 2.50. The summed E-state index contributed by atoms with van der Waals surface area (Å²) in [5.74, 6) is 0.777. The van der Waals surface area contributed by atoms with Gasteiger partial charge in [0, 0.05) is 24.0 Å². The molecule has 0 spiro atoms. The van der Waals surface area contributed by atoms with Gasteiger partial charge in [0.1, 0.15) is 0 Å². The molecule has 3 heteroatoms. The lowest BCUT2D eigenvalue weighted by Gasteiger charge is -2.24. The number of hydrogen-bond acceptors (Lipinski definition) is 1. The summed E-state index contributed by atoms with van der Waals surface area (Å²) in [6.45, 7) is 1.71. The Bertz CT molecular complexity index is 706. The average molecular weight is 326 g/mol. The van der Waals surface area contributed by atoms with Crippen LogP contribution in [0.1, 0.15) is 36.3 Å². The zero-order valence-corrected chi connectivity index (χ0v) is 13.8. The summed E-state index contributed by atoms with van der Waals surface area (Å²) in [5, 5.41) is 0.724. The number of benzene rings is 2. The summed E-state index contributed by atoms with van der Waals surface area (Å²) >= 11 is 5.98. The van der Waals surface area contributed by atoms with Gasteiger partial charge in [-0.25, -0.2) is 0 Å². The van der Waals surface area contributed by atoms with Gasteiger partial charge in [-0.2, -0.15) is 0 Å². The van der Waals surface area contributed by atoms with Crippen molar-refractivity contribution in [3.05, 3.63) is 70.7 Å². The van der Waals surface area contributed by atoms with Crippen LogP contribution in [0.5, 0.6) is 0 Å². The second kappa shape index (κ2) is 5.68. The van der Waals surface area contributed by atoms with E-state index in [2.05, 4.69) is 29.2 Å². The fourth-order valence-corrected chi connectivity index (χ4v) is 3.89. The Kier molecular flexibility index (Phi) is 3.65. The summed E-state index contributed by atoms with van der Waals surface area (Å²) in [7, 11) is 0. The predicted molar refractivity (Wildman–Crippen MR) is 92.7 cm³/mol. The van der Waals surface area contributed by atoms with Gasteiger partial charge in [-0.1, -0.05) is 54.1 Å². The highest BCUT2D eigenvalue weighted by Gasteiger charge is 2.53. The Hall–Kier alpha value is -1.80. The quantitative estimate of drug-likeness (QED) is 0.819. The van der Waals surface area contributed by atoms with Gasteiger partial charge in [0.2, 0.25) is 5.91 Å². The molecule has 1 aliphatic carbocycles. The van der Waals surface area contributed by atoms with E-state index in [0.29, 0.717) is 11.8 Å². The summed E-state index contributed by atoms with van der Waals surface area (Å²) in [6.07, 6.45) is 2.98. The SMILES string of the molecule is O=C(N1CC[C@H](c2ccccc2)C1)C1(c2ccc(Cl)cc2)CC1. The molecule has 1 saturated heterocycles. The van der Waals surface area contributed by atoms with Crippen LogP contribution in [0.3, 0.4) is 0 Å². The van der Waals surface area contributed by atoms with Crippen LogP contribution >= 0.6 is 11.6 Å². The Morgan fingerprint density at radius 1 is 1.04 bits per heavy atom. The van der Waals surface area contributed by atoms with Gasteiger partial charge in [0.25, 0.3) is 0 Å². The first kappa shape index (κ1) is 14.8. The smallest absolute Gasteiger partial charge is 0.233 e. The summed E-state index contributed by atoms with van der Waals surface area (Å²) < 4.78 is 0. The third-order valence-corrected chi connectivity index (χ3v) is 5.55. The van der Waals surface area contributed by atoms with Gasteiger partial charge in [-0.15, -0.1) is 0 Å². The van der Waals surface area contributed by atoms with E-state index in [0.717, 1.165) is 42.9 Å². The molecule has 1 atom stereocenters. The van der Waals surface area contributed by atoms with E-state index in [1.54, 1.807) is 0 Å². The molecule has 1 aliphatic heterocycles. The fraction of sp³-hybridized carbons (Fsp3) is 0.350. The third-order valence-electron chi connectivity index (χ3n) is 5.30. The number of likely N-dealkylation sites (tertiary alicyclic amines) is 1. The number of carbonyl (C=O) groups is 1. The number of amides is 1. The van der Waals surface area contributed by atoms with E-state index >= 15 is 0 Å². The first-order valence-corrected chi connectivity index (χ1v) is 8.67. The highest BCUT2D eigenvalue weighted by molar-refractivity contribution is 6.30. The van der Waals surface area contributed by atoms with E-state index in [4.69, 9.17) is 11.6 Å². The van der Waals surface area contributed by atoms with E-state index in [9.17, 15) is 4.79 Å². The molecule has 1 amide bonds. The molecular weight excluding hydrogens is 306 g/mol. The molecule has 0 N–H and O–H groups in total. The molecule has 4 rings (SSSR count). The predicted octanol–water partition coefficient (Wildman–Crippen LogP) is 4.39. The molecule has 1 heterocycles. The number of nitrogens with zero attached hydrogens (tertiary/aromatic N) is 1. The van der Waals surface area contributed by atoms with Crippen molar-refractivity contribution in [2.24, 2.45) is 0 Å². The first-order valence-electron chi connectivity index (χ1n) is 8.29. The maximum Gasteiger partial charge on any atom is 0.233 e. The lowest BCUT2D eigenvalue weighted by atomic mass is 9.94. The van der Waals surface area contributed by atoms with Crippen LogP contribution in [-0.4, -0.2) is 23.9 Å². The normalized spacial score (nSPS) is 22.1. The van der Waals surface area contributed by atoms with Crippen molar-refractivity contribution in [3.8, 4) is 0 Å². The van der Waals surface area contributed by atoms with Crippen LogP contribution < -0.4 is 0 Å². The number of halogens is 1. The molecule has 2 aromatic carbocycles. The molecule has 23 heavy (non-hydrogen) atoms. The van der Waals surface area contributed by atoms with Gasteiger partial charge >= 0.3 is 0 Å². The molecule has 2 fully saturated rings. The van der Waals surface area contributed by atoms with Crippen LogP contribution in [-0.2, 0) is 10.2 Å². The van der Waals surface area contributed by atoms with Crippen LogP contribution in [0.15, 0.2) is 54.6 Å². The van der Waals surface area contributed by atoms with E-state index in [1.807, 2.05) is 30.3 Å². The highest BCUT2D eigenvalue weighted by atomic mass is 35.5. The maximum atomic E-state index is 13.1. The summed E-state index contributed by atoms with van der Waals surface area (Å²) in [4.78, 5) is 15.2. The second-order valence-electron chi connectivity index (χ2n) is 6.74. The van der Waals surface area contributed by atoms with Crippen LogP contribution in [0, 0.1) is 0 Å². The average Bonchev–Trinajstić information content (AvgIpc) is 3.25. The molecule has 0 aromatic heterocycles. The zero-order valence-electron chi connectivity index (χ0n) is 13.0. The largest absolute Gasteiger partial charge is 0.341 e. The Labute approximate surface area is 142 Å². The van der Waals surface area contributed by atoms with Gasteiger partial charge in [0.15, 0.2) is 0 Å². The lowest BCUT2D eigenvalue weighted by Crippen LogP contribution is -2.37. The van der Waals surface area contributed by atoms with Crippen molar-refractivity contribution in [3.63, 3.8) is 0 Å². The van der Waals surface area contributed by atoms with Crippen LogP contribution in [0.4, 0.5) is 0 Å². The third kappa shape index (κ3) is 2.66. The Balaban J connectivity index is 1.51. The maximum absolute atomic E-state index is 13.1. The fourth-order valence-electron chi connectivity index (χ4n) is 3.76. The molecule has 0 unspecified atom stereocenters. The van der Waals surface area contributed by atoms with Gasteiger partial charge < -0.3 is 4.90 Å². The molecule has 1 saturated carbocycles. The Morgan fingerprint density at radius 3 is 2.39 bits per heavy atom. The van der Waals surface area contributed by atoms with Crippen LogP contribution in [0.2, 0.25) is 5.02 Å². The standard InChI is InChI=1S/C20H20ClNO/c21-18-8-6-17(7-9-18)20(11-12-20)19(23)22-13-10-16(14-22)15-4-2-1-3-5-15/h1-9,16H,10-14H2/t16-/m0/s1. The molecule has 2 nitrogen and oxygen atoms in total. The van der Waals surface area contributed by atoms with Crippen molar-refractivity contribution in [2.45, 2.75) is 30.6 Å². The molecule has 118 valence electrons. The number of hydrogen-bond donors (Lipinski definition) is 0. The monoisotopic (exact) mass is 325 g/mol. The van der Waals surface area contributed by atoms with Crippen molar-refractivity contribution in [1.82, 2.24) is 4.90 Å². The summed E-state index contributed by atoms with van der Waals surface area (Å²) in [6, 6.07) is 18.3. The van der Waals surface area contributed by atoms with Crippen molar-refractivity contribution in [2.75, 3.05) is 13.1 Å². The van der Waals surface area contributed by atoms with Crippen molar-refractivity contribution >= 4 is 17.5 Å². The van der Waals surface area contributed by atoms with Gasteiger partial charge in [-0.05, 0) is 42.5 Å². The lowest BCUT2D eigenvalue weighted by molar-refractivity contribution is -0.132. The van der Waals surface area contributed by atoms with Gasteiger partial charge in [0.05, 0.1) is 5.41 Å². The minimum Gasteiger partial charge on any atom is -0.341 e. The van der Waals surface area contributed by atoms with Crippen molar-refractivity contribution < 1.29 is 4.79 Å². The molecule has 2 aliphatic rings. The number of rotatable bonds is 3. The zero-order chi connectivity index (χ0) is 15.9. The molecule has 0 radical (unpaired) electrons. The Morgan fingerprint density at radius 2 is 1.74 bits per heavy atom. The minimum atomic E-state index is -0.282. The van der Waals surface area contributed by atoms with Crippen LogP contribution in [0.25, 0.3) is 0 Å².